The van der Waals surface area contributed by atoms with E-state index in [1.54, 1.807) is 0 Å². The van der Waals surface area contributed by atoms with Crippen LogP contribution in [0.1, 0.15) is 25.7 Å². The molecule has 10 nitrogen and oxygen atoms in total. The first-order valence-corrected chi connectivity index (χ1v) is 10.5. The van der Waals surface area contributed by atoms with Crippen molar-refractivity contribution in [2.75, 3.05) is 10.6 Å². The van der Waals surface area contributed by atoms with Crippen molar-refractivity contribution in [1.29, 1.82) is 0 Å². The van der Waals surface area contributed by atoms with E-state index in [4.69, 9.17) is 10.2 Å². The average Bonchev–Trinajstić information content (AvgIpc) is 2.71. The fraction of sp³-hybridized carbons (Fsp3) is 0.200. The van der Waals surface area contributed by atoms with E-state index in [9.17, 15) is 27.6 Å². The van der Waals surface area contributed by atoms with Crippen molar-refractivity contribution in [2.24, 2.45) is 0 Å². The van der Waals surface area contributed by atoms with Gasteiger partial charge in [0.1, 0.15) is 0 Å². The molecule has 2 aromatic rings. The third-order valence-electron chi connectivity index (χ3n) is 4.03. The number of sulfone groups is 1. The zero-order chi connectivity index (χ0) is 23.0. The second-order valence-corrected chi connectivity index (χ2v) is 8.39. The Kier molecular flexibility index (Phi) is 10.5. The molecule has 0 heterocycles. The summed E-state index contributed by atoms with van der Waals surface area (Å²) < 4.78 is 25.5. The molecular formula is C20H20N2NaO8S+. The van der Waals surface area contributed by atoms with Gasteiger partial charge < -0.3 is 20.8 Å². The number of hydrogen-bond acceptors (Lipinski definition) is 6. The summed E-state index contributed by atoms with van der Waals surface area (Å²) >= 11 is 0. The van der Waals surface area contributed by atoms with Gasteiger partial charge in [-0.25, -0.2) is 8.42 Å². The monoisotopic (exact) mass is 471 g/mol. The molecule has 0 spiro atoms. The molecule has 0 aromatic heterocycles. The maximum absolute atomic E-state index is 12.8. The Morgan fingerprint density at radius 3 is 1.22 bits per heavy atom. The molecule has 0 unspecified atom stereocenters. The fourth-order valence-corrected chi connectivity index (χ4v) is 3.72. The van der Waals surface area contributed by atoms with Gasteiger partial charge in [0.15, 0.2) is 0 Å². The Labute approximate surface area is 206 Å². The Morgan fingerprint density at radius 1 is 0.625 bits per heavy atom. The summed E-state index contributed by atoms with van der Waals surface area (Å²) in [4.78, 5) is 44.2. The summed E-state index contributed by atoms with van der Waals surface area (Å²) in [5.74, 6) is -3.19. The number of carboxylic acids is 2. The quantitative estimate of drug-likeness (QED) is 0.325. The van der Waals surface area contributed by atoms with Crippen LogP contribution in [-0.4, -0.2) is 42.4 Å². The molecule has 0 saturated carbocycles. The van der Waals surface area contributed by atoms with Gasteiger partial charge >= 0.3 is 41.5 Å². The summed E-state index contributed by atoms with van der Waals surface area (Å²) in [7, 11) is -3.85. The third-order valence-corrected chi connectivity index (χ3v) is 5.81. The van der Waals surface area contributed by atoms with Crippen molar-refractivity contribution in [1.82, 2.24) is 0 Å². The zero-order valence-electron chi connectivity index (χ0n) is 17.2. The summed E-state index contributed by atoms with van der Waals surface area (Å²) in [6.45, 7) is 0. The first-order chi connectivity index (χ1) is 14.6. The van der Waals surface area contributed by atoms with Crippen molar-refractivity contribution < 1.29 is 67.4 Å². The Morgan fingerprint density at radius 2 is 0.938 bits per heavy atom. The van der Waals surface area contributed by atoms with Crippen molar-refractivity contribution >= 4 is 45.0 Å². The summed E-state index contributed by atoms with van der Waals surface area (Å²) in [6.07, 6.45) is -1.02. The van der Waals surface area contributed by atoms with Crippen LogP contribution >= 0.6 is 0 Å². The van der Waals surface area contributed by atoms with Crippen LogP contribution in [0.25, 0.3) is 0 Å². The van der Waals surface area contributed by atoms with Gasteiger partial charge in [0.25, 0.3) is 0 Å². The Balaban J connectivity index is 0.00000512. The molecule has 0 radical (unpaired) electrons. The van der Waals surface area contributed by atoms with Gasteiger partial charge in [0, 0.05) is 24.2 Å². The molecular weight excluding hydrogens is 451 g/mol. The number of benzene rings is 2. The normalized spacial score (nSPS) is 10.5. The van der Waals surface area contributed by atoms with Crippen LogP contribution in [-0.2, 0) is 29.0 Å². The summed E-state index contributed by atoms with van der Waals surface area (Å²) in [5, 5.41) is 22.1. The molecule has 0 fully saturated rings. The van der Waals surface area contributed by atoms with Gasteiger partial charge in [-0.1, -0.05) is 0 Å². The molecule has 164 valence electrons. The number of hydrogen-bond donors (Lipinski definition) is 4. The molecule has 12 heteroatoms. The standard InChI is InChI=1S/C20H20N2O8S.Na/c23-17(9-11-19(25)26)21-13-1-5-15(6-2-13)31(29,30)16-7-3-14(4-8-16)22-18(24)10-12-20(27)28;/h1-8H,9-12H2,(H,21,23)(H,22,24)(H,25,26)(H,27,28);/q;+1. The molecule has 2 aromatic carbocycles. The van der Waals surface area contributed by atoms with Gasteiger partial charge in [0.2, 0.25) is 21.7 Å². The predicted octanol–water partition coefficient (Wildman–Crippen LogP) is -0.870. The molecule has 0 atom stereocenters. The van der Waals surface area contributed by atoms with Crippen LogP contribution < -0.4 is 40.2 Å². The SMILES string of the molecule is O=C(O)CCC(=O)Nc1ccc(S(=O)(=O)c2ccc(NC(=O)CCC(=O)O)cc2)cc1.[Na+]. The smallest absolute Gasteiger partial charge is 0.481 e. The van der Waals surface area contributed by atoms with Crippen molar-refractivity contribution in [2.45, 2.75) is 35.5 Å². The van der Waals surface area contributed by atoms with E-state index < -0.39 is 33.6 Å². The molecule has 2 rings (SSSR count). The number of carboxylic acid groups (broad SMARTS) is 2. The van der Waals surface area contributed by atoms with E-state index >= 15 is 0 Å². The number of rotatable bonds is 10. The topological polar surface area (TPSA) is 167 Å². The molecule has 0 saturated heterocycles. The van der Waals surface area contributed by atoms with Gasteiger partial charge in [-0.15, -0.1) is 0 Å². The van der Waals surface area contributed by atoms with Crippen LogP contribution in [0.15, 0.2) is 58.3 Å². The van der Waals surface area contributed by atoms with Crippen molar-refractivity contribution in [3.63, 3.8) is 0 Å². The predicted molar refractivity (Wildman–Crippen MR) is 109 cm³/mol. The number of amides is 2. The van der Waals surface area contributed by atoms with E-state index in [0.717, 1.165) is 0 Å². The molecule has 0 bridgehead atoms. The number of carbonyl (C=O) groups excluding carboxylic acids is 2. The second-order valence-electron chi connectivity index (χ2n) is 6.44. The first-order valence-electron chi connectivity index (χ1n) is 9.06. The Hall–Kier alpha value is -2.73. The maximum atomic E-state index is 12.8. The number of nitrogens with one attached hydrogen (secondary N) is 2. The third kappa shape index (κ3) is 8.42. The first kappa shape index (κ1) is 27.3. The van der Waals surface area contributed by atoms with E-state index in [2.05, 4.69) is 10.6 Å². The molecule has 2 amide bonds. The van der Waals surface area contributed by atoms with E-state index in [0.29, 0.717) is 11.4 Å². The number of aliphatic carboxylic acids is 2. The van der Waals surface area contributed by atoms with Gasteiger partial charge in [-0.3, -0.25) is 19.2 Å². The molecule has 0 aliphatic rings. The number of anilines is 2. The van der Waals surface area contributed by atoms with Crippen LogP contribution in [0.3, 0.4) is 0 Å². The number of carbonyl (C=O) groups is 4. The molecule has 0 aliphatic carbocycles. The van der Waals surface area contributed by atoms with Crippen LogP contribution in [0.5, 0.6) is 0 Å². The van der Waals surface area contributed by atoms with E-state index in [1.165, 1.54) is 48.5 Å². The Bertz CT molecular complexity index is 1000. The molecule has 4 N–H and O–H groups in total. The average molecular weight is 471 g/mol. The van der Waals surface area contributed by atoms with Crippen molar-refractivity contribution in [3.8, 4) is 0 Å². The molecule has 0 aliphatic heterocycles. The molecule has 32 heavy (non-hydrogen) atoms. The van der Waals surface area contributed by atoms with E-state index in [1.807, 2.05) is 0 Å². The zero-order valence-corrected chi connectivity index (χ0v) is 20.0. The van der Waals surface area contributed by atoms with Crippen LogP contribution in [0.2, 0.25) is 0 Å². The van der Waals surface area contributed by atoms with Gasteiger partial charge in [-0.2, -0.15) is 0 Å². The summed E-state index contributed by atoms with van der Waals surface area (Å²) in [5.41, 5.74) is 0.655. The fourth-order valence-electron chi connectivity index (χ4n) is 2.46. The minimum atomic E-state index is -3.85. The van der Waals surface area contributed by atoms with Gasteiger partial charge in [-0.05, 0) is 48.5 Å². The maximum Gasteiger partial charge on any atom is 1.00 e. The second kappa shape index (κ2) is 12.3. The summed E-state index contributed by atoms with van der Waals surface area (Å²) in [6, 6.07) is 10.8. The minimum absolute atomic E-state index is 0. The van der Waals surface area contributed by atoms with E-state index in [-0.39, 0.29) is 65.0 Å². The van der Waals surface area contributed by atoms with Gasteiger partial charge in [0.05, 0.1) is 22.6 Å². The van der Waals surface area contributed by atoms with Crippen molar-refractivity contribution in [3.05, 3.63) is 48.5 Å². The minimum Gasteiger partial charge on any atom is -0.481 e. The van der Waals surface area contributed by atoms with Crippen LogP contribution in [0.4, 0.5) is 11.4 Å². The van der Waals surface area contributed by atoms with Crippen LogP contribution in [0, 0.1) is 0 Å². The largest absolute Gasteiger partial charge is 1.00 e.